The van der Waals surface area contributed by atoms with Crippen LogP contribution in [0.15, 0.2) is 41.8 Å². The van der Waals surface area contributed by atoms with Crippen molar-refractivity contribution in [2.75, 3.05) is 6.54 Å². The van der Waals surface area contributed by atoms with Crippen molar-refractivity contribution in [2.24, 2.45) is 5.73 Å². The van der Waals surface area contributed by atoms with Crippen molar-refractivity contribution in [3.63, 3.8) is 0 Å². The van der Waals surface area contributed by atoms with Crippen LogP contribution >= 0.6 is 11.3 Å². The molecule has 0 spiro atoms. The average molecular weight is 274 g/mol. The molecule has 2 aromatic rings. The maximum Gasteiger partial charge on any atom is 0.261 e. The third kappa shape index (κ3) is 3.42. The second-order valence-electron chi connectivity index (χ2n) is 4.00. The van der Waals surface area contributed by atoms with Gasteiger partial charge in [0.1, 0.15) is 0 Å². The van der Waals surface area contributed by atoms with E-state index in [0.717, 1.165) is 5.56 Å². The van der Waals surface area contributed by atoms with Gasteiger partial charge in [-0.25, -0.2) is 0 Å². The molecule has 0 saturated carbocycles. The minimum Gasteiger partial charge on any atom is -0.366 e. The summed E-state index contributed by atoms with van der Waals surface area (Å²) < 4.78 is 0. The summed E-state index contributed by atoms with van der Waals surface area (Å²) in [6.07, 6.45) is 0.580. The zero-order valence-corrected chi connectivity index (χ0v) is 11.1. The highest BCUT2D eigenvalue weighted by Crippen LogP contribution is 2.10. The molecule has 1 aromatic heterocycles. The van der Waals surface area contributed by atoms with Crippen LogP contribution in [0.1, 0.15) is 25.6 Å². The van der Waals surface area contributed by atoms with Crippen LogP contribution in [0.25, 0.3) is 0 Å². The summed E-state index contributed by atoms with van der Waals surface area (Å²) >= 11 is 1.40. The van der Waals surface area contributed by atoms with Crippen molar-refractivity contribution in [3.05, 3.63) is 57.8 Å². The first-order valence-corrected chi connectivity index (χ1v) is 6.76. The Balaban J connectivity index is 1.93. The predicted molar refractivity (Wildman–Crippen MR) is 75.3 cm³/mol. The molecule has 1 heterocycles. The molecule has 0 unspecified atom stereocenters. The number of benzene rings is 1. The van der Waals surface area contributed by atoms with E-state index in [1.54, 1.807) is 18.2 Å². The second kappa shape index (κ2) is 6.15. The number of amides is 2. The smallest absolute Gasteiger partial charge is 0.261 e. The van der Waals surface area contributed by atoms with Gasteiger partial charge in [-0.15, -0.1) is 11.3 Å². The van der Waals surface area contributed by atoms with Gasteiger partial charge < -0.3 is 11.1 Å². The SMILES string of the molecule is NC(=O)c1ccccc1CCNC(=O)c1cccs1. The second-order valence-corrected chi connectivity index (χ2v) is 4.95. The standard InChI is InChI=1S/C14H14N2O2S/c15-13(17)11-5-2-1-4-10(11)7-8-16-14(18)12-6-3-9-19-12/h1-6,9H,7-8H2,(H2,15,17)(H,16,18). The minimum absolute atomic E-state index is 0.0912. The largest absolute Gasteiger partial charge is 0.366 e. The van der Waals surface area contributed by atoms with Crippen LogP contribution in [0, 0.1) is 0 Å². The molecule has 0 saturated heterocycles. The zero-order chi connectivity index (χ0) is 13.7. The number of rotatable bonds is 5. The molecular weight excluding hydrogens is 260 g/mol. The van der Waals surface area contributed by atoms with Gasteiger partial charge in [-0.2, -0.15) is 0 Å². The number of thiophene rings is 1. The summed E-state index contributed by atoms with van der Waals surface area (Å²) in [5, 5.41) is 4.68. The maximum absolute atomic E-state index is 11.7. The van der Waals surface area contributed by atoms with Crippen molar-refractivity contribution < 1.29 is 9.59 Å². The van der Waals surface area contributed by atoms with Crippen LogP contribution in [-0.2, 0) is 6.42 Å². The number of hydrogen-bond donors (Lipinski definition) is 2. The normalized spacial score (nSPS) is 10.1. The van der Waals surface area contributed by atoms with Crippen LogP contribution < -0.4 is 11.1 Å². The molecule has 0 atom stereocenters. The number of nitrogens with one attached hydrogen (secondary N) is 1. The average Bonchev–Trinajstić information content (AvgIpc) is 2.93. The van der Waals surface area contributed by atoms with Gasteiger partial charge in [-0.05, 0) is 29.5 Å². The number of nitrogens with two attached hydrogens (primary N) is 1. The Bertz CT molecular complexity index is 579. The van der Waals surface area contributed by atoms with Gasteiger partial charge in [0, 0.05) is 12.1 Å². The third-order valence-corrected chi connectivity index (χ3v) is 3.58. The van der Waals surface area contributed by atoms with Crippen LogP contribution in [0.2, 0.25) is 0 Å². The van der Waals surface area contributed by atoms with Gasteiger partial charge >= 0.3 is 0 Å². The lowest BCUT2D eigenvalue weighted by Crippen LogP contribution is -2.25. The Morgan fingerprint density at radius 1 is 1.16 bits per heavy atom. The van der Waals surface area contributed by atoms with Crippen molar-refractivity contribution >= 4 is 23.2 Å². The van der Waals surface area contributed by atoms with E-state index in [9.17, 15) is 9.59 Å². The van der Waals surface area contributed by atoms with E-state index in [4.69, 9.17) is 5.73 Å². The lowest BCUT2D eigenvalue weighted by atomic mass is 10.0. The number of carbonyl (C=O) groups excluding carboxylic acids is 2. The van der Waals surface area contributed by atoms with E-state index in [2.05, 4.69) is 5.32 Å². The Morgan fingerprint density at radius 2 is 1.95 bits per heavy atom. The molecule has 0 aliphatic heterocycles. The molecule has 4 nitrogen and oxygen atoms in total. The molecule has 3 N–H and O–H groups in total. The van der Waals surface area contributed by atoms with Crippen LogP contribution in [-0.4, -0.2) is 18.4 Å². The molecule has 1 aromatic carbocycles. The Kier molecular flexibility index (Phi) is 4.30. The van der Waals surface area contributed by atoms with E-state index >= 15 is 0 Å². The quantitative estimate of drug-likeness (QED) is 0.873. The molecule has 19 heavy (non-hydrogen) atoms. The van der Waals surface area contributed by atoms with Crippen molar-refractivity contribution in [1.29, 1.82) is 0 Å². The van der Waals surface area contributed by atoms with Crippen LogP contribution in [0.5, 0.6) is 0 Å². The molecule has 0 bridgehead atoms. The molecule has 0 aliphatic rings. The van der Waals surface area contributed by atoms with Crippen molar-refractivity contribution in [1.82, 2.24) is 5.32 Å². The Hall–Kier alpha value is -2.14. The Morgan fingerprint density at radius 3 is 2.63 bits per heavy atom. The van der Waals surface area contributed by atoms with Crippen molar-refractivity contribution in [3.8, 4) is 0 Å². The lowest BCUT2D eigenvalue weighted by Gasteiger charge is -2.07. The van der Waals surface area contributed by atoms with Crippen LogP contribution in [0.3, 0.4) is 0 Å². The minimum atomic E-state index is -0.444. The predicted octanol–water partition coefficient (Wildman–Crippen LogP) is 1.82. The molecular formula is C14H14N2O2S. The fourth-order valence-electron chi connectivity index (χ4n) is 1.78. The van der Waals surface area contributed by atoms with E-state index in [1.807, 2.05) is 23.6 Å². The van der Waals surface area contributed by atoms with E-state index in [0.29, 0.717) is 23.4 Å². The number of hydrogen-bond acceptors (Lipinski definition) is 3. The molecule has 2 rings (SSSR count). The topological polar surface area (TPSA) is 72.2 Å². The summed E-state index contributed by atoms with van der Waals surface area (Å²) in [4.78, 5) is 23.6. The summed E-state index contributed by atoms with van der Waals surface area (Å²) in [5.41, 5.74) is 6.65. The Labute approximate surface area is 115 Å². The summed E-state index contributed by atoms with van der Waals surface area (Å²) in [7, 11) is 0. The molecule has 98 valence electrons. The molecule has 0 radical (unpaired) electrons. The summed E-state index contributed by atoms with van der Waals surface area (Å²) in [6, 6.07) is 10.8. The fraction of sp³-hybridized carbons (Fsp3) is 0.143. The zero-order valence-electron chi connectivity index (χ0n) is 10.3. The highest BCUT2D eigenvalue weighted by Gasteiger charge is 2.08. The summed E-state index contributed by atoms with van der Waals surface area (Å²) in [5.74, 6) is -0.535. The first kappa shape index (κ1) is 13.3. The van der Waals surface area contributed by atoms with Gasteiger partial charge in [-0.1, -0.05) is 24.3 Å². The third-order valence-electron chi connectivity index (χ3n) is 2.71. The first-order chi connectivity index (χ1) is 9.18. The highest BCUT2D eigenvalue weighted by molar-refractivity contribution is 7.12. The van der Waals surface area contributed by atoms with Gasteiger partial charge in [0.25, 0.3) is 5.91 Å². The number of carbonyl (C=O) groups is 2. The highest BCUT2D eigenvalue weighted by atomic mass is 32.1. The first-order valence-electron chi connectivity index (χ1n) is 5.88. The van der Waals surface area contributed by atoms with E-state index in [-0.39, 0.29) is 5.91 Å². The molecule has 5 heteroatoms. The van der Waals surface area contributed by atoms with Gasteiger partial charge in [0.15, 0.2) is 0 Å². The number of primary amides is 1. The maximum atomic E-state index is 11.7. The molecule has 0 fully saturated rings. The molecule has 2 amide bonds. The lowest BCUT2D eigenvalue weighted by molar-refractivity contribution is 0.0957. The van der Waals surface area contributed by atoms with Gasteiger partial charge in [0.2, 0.25) is 5.91 Å². The van der Waals surface area contributed by atoms with Crippen molar-refractivity contribution in [2.45, 2.75) is 6.42 Å². The summed E-state index contributed by atoms with van der Waals surface area (Å²) in [6.45, 7) is 0.473. The van der Waals surface area contributed by atoms with E-state index < -0.39 is 5.91 Å². The van der Waals surface area contributed by atoms with Crippen LogP contribution in [0.4, 0.5) is 0 Å². The van der Waals surface area contributed by atoms with Gasteiger partial charge in [0.05, 0.1) is 4.88 Å². The monoisotopic (exact) mass is 274 g/mol. The fourth-order valence-corrected chi connectivity index (χ4v) is 2.42. The van der Waals surface area contributed by atoms with Gasteiger partial charge in [-0.3, -0.25) is 9.59 Å². The molecule has 0 aliphatic carbocycles. The van der Waals surface area contributed by atoms with E-state index in [1.165, 1.54) is 11.3 Å².